The molecule has 1 aromatic rings. The molecule has 0 saturated carbocycles. The smallest absolute Gasteiger partial charge is 0.389 e. The number of nitrogens with one attached hydrogen (secondary N) is 1. The summed E-state index contributed by atoms with van der Waals surface area (Å²) in [5.74, 6) is 0.525. The Labute approximate surface area is 155 Å². The minimum absolute atomic E-state index is 0.0349. The predicted octanol–water partition coefficient (Wildman–Crippen LogP) is 2.09. The van der Waals surface area contributed by atoms with Crippen molar-refractivity contribution in [3.63, 3.8) is 0 Å². The molecule has 2 N–H and O–H groups in total. The van der Waals surface area contributed by atoms with E-state index in [-0.39, 0.29) is 11.3 Å². The van der Waals surface area contributed by atoms with Crippen LogP contribution in [0.2, 0.25) is 0 Å². The van der Waals surface area contributed by atoms with Crippen molar-refractivity contribution in [2.24, 2.45) is 5.10 Å². The summed E-state index contributed by atoms with van der Waals surface area (Å²) < 4.78 is 66.0. The van der Waals surface area contributed by atoms with Crippen LogP contribution in [0.4, 0.5) is 13.2 Å². The zero-order valence-electron chi connectivity index (χ0n) is 14.7. The van der Waals surface area contributed by atoms with Crippen molar-refractivity contribution in [3.05, 3.63) is 24.3 Å². The van der Waals surface area contributed by atoms with Crippen molar-refractivity contribution >= 4 is 15.7 Å². The molecule has 0 spiro atoms. The van der Waals surface area contributed by atoms with E-state index in [4.69, 9.17) is 4.74 Å². The first-order valence-corrected chi connectivity index (χ1v) is 9.79. The van der Waals surface area contributed by atoms with Crippen LogP contribution in [0.1, 0.15) is 25.7 Å². The Morgan fingerprint density at radius 3 is 2.37 bits per heavy atom. The van der Waals surface area contributed by atoms with Gasteiger partial charge in [0.15, 0.2) is 0 Å². The van der Waals surface area contributed by atoms with Crippen molar-refractivity contribution in [2.75, 3.05) is 20.2 Å². The number of sulfonamides is 1. The van der Waals surface area contributed by atoms with Crippen molar-refractivity contribution in [3.8, 4) is 5.75 Å². The van der Waals surface area contributed by atoms with Crippen LogP contribution in [0, 0.1) is 0 Å². The largest absolute Gasteiger partial charge is 0.497 e. The molecule has 1 aliphatic rings. The molecule has 1 heterocycles. The highest BCUT2D eigenvalue weighted by molar-refractivity contribution is 7.89. The molecule has 1 unspecified atom stereocenters. The SMILES string of the molecule is COc1ccc(S(=O)(=O)NN=C2CCN(C(O)CCC(F)(F)F)CC2)cc1. The van der Waals surface area contributed by atoms with Gasteiger partial charge < -0.3 is 9.84 Å². The van der Waals surface area contributed by atoms with Gasteiger partial charge in [0.05, 0.1) is 12.0 Å². The summed E-state index contributed by atoms with van der Waals surface area (Å²) in [6.07, 6.45) is -6.21. The van der Waals surface area contributed by atoms with Gasteiger partial charge in [0, 0.05) is 38.1 Å². The van der Waals surface area contributed by atoms with E-state index in [1.807, 2.05) is 0 Å². The van der Waals surface area contributed by atoms with E-state index < -0.39 is 28.8 Å². The molecule has 1 fully saturated rings. The lowest BCUT2D eigenvalue weighted by Crippen LogP contribution is -2.42. The number of benzene rings is 1. The fourth-order valence-corrected chi connectivity index (χ4v) is 3.45. The Balaban J connectivity index is 1.87. The molecular formula is C16H22F3N3O4S. The molecule has 7 nitrogen and oxygen atoms in total. The second kappa shape index (κ2) is 8.89. The average Bonchev–Trinajstić information content (AvgIpc) is 2.64. The van der Waals surface area contributed by atoms with Gasteiger partial charge in [-0.2, -0.15) is 26.7 Å². The Hall–Kier alpha value is -1.85. The number of likely N-dealkylation sites (tertiary alicyclic amines) is 1. The quantitative estimate of drug-likeness (QED) is 0.673. The minimum Gasteiger partial charge on any atom is -0.497 e. The number of piperidine rings is 1. The van der Waals surface area contributed by atoms with Crippen LogP contribution in [0.3, 0.4) is 0 Å². The van der Waals surface area contributed by atoms with Gasteiger partial charge in [0.1, 0.15) is 12.0 Å². The van der Waals surface area contributed by atoms with Crippen LogP contribution in [-0.2, 0) is 10.0 Å². The second-order valence-electron chi connectivity index (χ2n) is 6.12. The number of ether oxygens (including phenoxy) is 1. The highest BCUT2D eigenvalue weighted by atomic mass is 32.2. The third kappa shape index (κ3) is 6.67. The molecule has 0 amide bonds. The molecule has 152 valence electrons. The van der Waals surface area contributed by atoms with Gasteiger partial charge in [-0.1, -0.05) is 0 Å². The lowest BCUT2D eigenvalue weighted by atomic mass is 10.1. The molecule has 0 radical (unpaired) electrons. The summed E-state index contributed by atoms with van der Waals surface area (Å²) >= 11 is 0. The predicted molar refractivity (Wildman–Crippen MR) is 92.9 cm³/mol. The van der Waals surface area contributed by atoms with Gasteiger partial charge in [0.25, 0.3) is 10.0 Å². The third-order valence-corrected chi connectivity index (χ3v) is 5.40. The number of hydrazone groups is 1. The van der Waals surface area contributed by atoms with Crippen molar-refractivity contribution < 1.29 is 31.4 Å². The van der Waals surface area contributed by atoms with E-state index in [1.165, 1.54) is 36.3 Å². The lowest BCUT2D eigenvalue weighted by molar-refractivity contribution is -0.146. The zero-order chi connectivity index (χ0) is 20.1. The number of hydrogen-bond donors (Lipinski definition) is 2. The Morgan fingerprint density at radius 2 is 1.85 bits per heavy atom. The van der Waals surface area contributed by atoms with Crippen molar-refractivity contribution in [1.82, 2.24) is 9.73 Å². The van der Waals surface area contributed by atoms with Gasteiger partial charge in [-0.25, -0.2) is 4.83 Å². The number of aliphatic hydroxyl groups excluding tert-OH is 1. The van der Waals surface area contributed by atoms with Crippen LogP contribution in [-0.4, -0.2) is 56.7 Å². The molecule has 0 aromatic heterocycles. The third-order valence-electron chi connectivity index (χ3n) is 4.18. The topological polar surface area (TPSA) is 91.2 Å². The molecule has 11 heteroatoms. The Bertz CT molecular complexity index is 741. The Kier molecular flexibility index (Phi) is 7.06. The molecule has 1 saturated heterocycles. The molecular weight excluding hydrogens is 387 g/mol. The van der Waals surface area contributed by atoms with Crippen molar-refractivity contribution in [1.29, 1.82) is 0 Å². The number of alkyl halides is 3. The summed E-state index contributed by atoms with van der Waals surface area (Å²) in [5, 5.41) is 13.8. The summed E-state index contributed by atoms with van der Waals surface area (Å²) in [4.78, 5) is 3.73. The molecule has 2 rings (SSSR count). The van der Waals surface area contributed by atoms with Gasteiger partial charge >= 0.3 is 6.18 Å². The molecule has 0 bridgehead atoms. The standard InChI is InChI=1S/C16H22F3N3O4S/c1-26-13-2-4-14(5-3-13)27(24,25)21-20-12-7-10-22(11-8-12)15(23)6-9-16(17,18)19/h2-5,15,21,23H,6-11H2,1H3. The van der Waals surface area contributed by atoms with E-state index in [0.717, 1.165) is 0 Å². The highest BCUT2D eigenvalue weighted by Gasteiger charge is 2.30. The lowest BCUT2D eigenvalue weighted by Gasteiger charge is -2.31. The summed E-state index contributed by atoms with van der Waals surface area (Å²) in [5.41, 5.74) is 0.575. The van der Waals surface area contributed by atoms with E-state index in [9.17, 15) is 26.7 Å². The first-order valence-electron chi connectivity index (χ1n) is 8.31. The number of hydrogen-bond acceptors (Lipinski definition) is 6. The number of rotatable bonds is 7. The first-order chi connectivity index (χ1) is 12.6. The molecule has 0 aliphatic carbocycles. The van der Waals surface area contributed by atoms with Crippen LogP contribution in [0.25, 0.3) is 0 Å². The van der Waals surface area contributed by atoms with Gasteiger partial charge in [-0.3, -0.25) is 4.90 Å². The molecule has 1 aliphatic heterocycles. The zero-order valence-corrected chi connectivity index (χ0v) is 15.6. The number of aliphatic hydroxyl groups is 1. The first kappa shape index (κ1) is 21.5. The second-order valence-corrected chi connectivity index (χ2v) is 7.78. The van der Waals surface area contributed by atoms with Crippen LogP contribution in [0.5, 0.6) is 5.75 Å². The van der Waals surface area contributed by atoms with E-state index in [0.29, 0.717) is 37.4 Å². The maximum absolute atomic E-state index is 12.2. The van der Waals surface area contributed by atoms with Gasteiger partial charge in [0.2, 0.25) is 0 Å². The van der Waals surface area contributed by atoms with Crippen LogP contribution in [0.15, 0.2) is 34.3 Å². The average molecular weight is 409 g/mol. The minimum atomic E-state index is -4.30. The molecule has 27 heavy (non-hydrogen) atoms. The number of methoxy groups -OCH3 is 1. The molecule has 1 aromatic carbocycles. The van der Waals surface area contributed by atoms with Crippen LogP contribution >= 0.6 is 0 Å². The van der Waals surface area contributed by atoms with E-state index in [1.54, 1.807) is 0 Å². The fraction of sp³-hybridized carbons (Fsp3) is 0.562. The summed E-state index contributed by atoms with van der Waals surface area (Å²) in [6.45, 7) is 0.615. The Morgan fingerprint density at radius 1 is 1.26 bits per heavy atom. The maximum atomic E-state index is 12.2. The normalized spacial score (nSPS) is 17.4. The summed E-state index contributed by atoms with van der Waals surface area (Å²) in [6, 6.07) is 5.81. The van der Waals surface area contributed by atoms with E-state index in [2.05, 4.69) is 9.93 Å². The number of nitrogens with zero attached hydrogens (tertiary/aromatic N) is 2. The molecule has 1 atom stereocenters. The van der Waals surface area contributed by atoms with Crippen molar-refractivity contribution in [2.45, 2.75) is 43.0 Å². The maximum Gasteiger partial charge on any atom is 0.389 e. The summed E-state index contributed by atoms with van der Waals surface area (Å²) in [7, 11) is -2.35. The van der Waals surface area contributed by atoms with Crippen LogP contribution < -0.4 is 9.57 Å². The highest BCUT2D eigenvalue weighted by Crippen LogP contribution is 2.24. The van der Waals surface area contributed by atoms with E-state index >= 15 is 0 Å². The van der Waals surface area contributed by atoms with Gasteiger partial charge in [-0.05, 0) is 30.7 Å². The number of halogens is 3. The monoisotopic (exact) mass is 409 g/mol. The fourth-order valence-electron chi connectivity index (χ4n) is 2.60. The van der Waals surface area contributed by atoms with Gasteiger partial charge in [-0.15, -0.1) is 0 Å².